The summed E-state index contributed by atoms with van der Waals surface area (Å²) in [6, 6.07) is 7.59. The molecule has 0 saturated heterocycles. The van der Waals surface area contributed by atoms with Crippen LogP contribution in [0.25, 0.3) is 0 Å². The maximum absolute atomic E-state index is 12.6. The fourth-order valence-corrected chi connectivity index (χ4v) is 3.47. The van der Waals surface area contributed by atoms with Crippen LogP contribution in [0.3, 0.4) is 0 Å². The molecule has 126 valence electrons. The third-order valence-electron chi connectivity index (χ3n) is 4.38. The molecule has 1 aromatic rings. The summed E-state index contributed by atoms with van der Waals surface area (Å²) in [4.78, 5) is 37.3. The van der Waals surface area contributed by atoms with Crippen molar-refractivity contribution in [2.75, 3.05) is 13.2 Å². The molecule has 1 aliphatic carbocycles. The summed E-state index contributed by atoms with van der Waals surface area (Å²) >= 11 is 0. The highest BCUT2D eigenvalue weighted by Crippen LogP contribution is 2.45. The van der Waals surface area contributed by atoms with Gasteiger partial charge in [0.05, 0.1) is 24.7 Å². The fourth-order valence-electron chi connectivity index (χ4n) is 3.47. The van der Waals surface area contributed by atoms with E-state index in [0.29, 0.717) is 6.42 Å². The van der Waals surface area contributed by atoms with Gasteiger partial charge in [-0.3, -0.25) is 4.79 Å². The lowest BCUT2D eigenvalue weighted by Crippen LogP contribution is -2.43. The van der Waals surface area contributed by atoms with Gasteiger partial charge in [-0.15, -0.1) is 0 Å². The Labute approximate surface area is 139 Å². The van der Waals surface area contributed by atoms with Gasteiger partial charge >= 0.3 is 11.9 Å². The molecule has 2 aliphatic rings. The Bertz CT molecular complexity index is 737. The minimum Gasteiger partial charge on any atom is -0.463 e. The number of esters is 2. The van der Waals surface area contributed by atoms with Crippen molar-refractivity contribution in [3.05, 3.63) is 46.7 Å². The fraction of sp³-hybridized carbons (Fsp3) is 0.389. The molecule has 1 amide bonds. The molecule has 1 aliphatic heterocycles. The summed E-state index contributed by atoms with van der Waals surface area (Å²) in [6.07, 6.45) is 0.519. The van der Waals surface area contributed by atoms with E-state index in [1.54, 1.807) is 13.8 Å². The van der Waals surface area contributed by atoms with E-state index in [2.05, 4.69) is 5.32 Å². The highest BCUT2D eigenvalue weighted by Gasteiger charge is 2.48. The van der Waals surface area contributed by atoms with Gasteiger partial charge in [0.2, 0.25) is 5.91 Å². The molecule has 0 radical (unpaired) electrons. The lowest BCUT2D eigenvalue weighted by Gasteiger charge is -2.29. The highest BCUT2D eigenvalue weighted by molar-refractivity contribution is 6.07. The first-order valence-corrected chi connectivity index (χ1v) is 8.05. The zero-order chi connectivity index (χ0) is 17.3. The van der Waals surface area contributed by atoms with Crippen LogP contribution < -0.4 is 5.32 Å². The maximum atomic E-state index is 12.6. The Morgan fingerprint density at radius 1 is 1.12 bits per heavy atom. The van der Waals surface area contributed by atoms with Crippen LogP contribution in [-0.4, -0.2) is 31.1 Å². The number of benzene rings is 1. The van der Waals surface area contributed by atoms with Crippen LogP contribution in [0.2, 0.25) is 0 Å². The van der Waals surface area contributed by atoms with Crippen molar-refractivity contribution in [1.29, 1.82) is 0 Å². The van der Waals surface area contributed by atoms with Crippen molar-refractivity contribution in [1.82, 2.24) is 5.32 Å². The molecule has 0 spiro atoms. The molecular weight excluding hydrogens is 310 g/mol. The van der Waals surface area contributed by atoms with Crippen LogP contribution in [0, 0.1) is 5.92 Å². The van der Waals surface area contributed by atoms with E-state index in [1.165, 1.54) is 0 Å². The van der Waals surface area contributed by atoms with E-state index in [-0.39, 0.29) is 30.4 Å². The minimum atomic E-state index is -0.705. The second-order valence-electron chi connectivity index (χ2n) is 5.71. The molecule has 0 fully saturated rings. The van der Waals surface area contributed by atoms with Gasteiger partial charge < -0.3 is 14.8 Å². The standard InChI is InChI=1S/C18H19NO5/c1-3-23-17(21)14-12-9-10-7-5-6-8-11(10)13(12)16(20)19-15(14)18(22)24-4-2/h5-8,12-13H,3-4,9H2,1-2H3,(H,19,20)/t12-,13+/m0/s1. The Morgan fingerprint density at radius 2 is 1.79 bits per heavy atom. The molecule has 6 nitrogen and oxygen atoms in total. The Hall–Kier alpha value is -2.63. The molecule has 24 heavy (non-hydrogen) atoms. The smallest absolute Gasteiger partial charge is 0.355 e. The Balaban J connectivity index is 2.09. The van der Waals surface area contributed by atoms with Crippen LogP contribution in [0.1, 0.15) is 30.9 Å². The average molecular weight is 329 g/mol. The zero-order valence-corrected chi connectivity index (χ0v) is 13.6. The van der Waals surface area contributed by atoms with E-state index in [1.807, 2.05) is 24.3 Å². The second kappa shape index (κ2) is 6.47. The number of nitrogens with one attached hydrogen (secondary N) is 1. The Kier molecular flexibility index (Phi) is 4.38. The van der Waals surface area contributed by atoms with Crippen molar-refractivity contribution in [2.45, 2.75) is 26.2 Å². The third kappa shape index (κ3) is 2.58. The summed E-state index contributed by atoms with van der Waals surface area (Å²) in [5, 5.41) is 2.57. The summed E-state index contributed by atoms with van der Waals surface area (Å²) < 4.78 is 10.1. The van der Waals surface area contributed by atoms with Crippen molar-refractivity contribution in [3.63, 3.8) is 0 Å². The number of fused-ring (bicyclic) bond motifs is 3. The maximum Gasteiger partial charge on any atom is 0.355 e. The zero-order valence-electron chi connectivity index (χ0n) is 13.6. The van der Waals surface area contributed by atoms with Crippen molar-refractivity contribution < 1.29 is 23.9 Å². The van der Waals surface area contributed by atoms with Crippen molar-refractivity contribution in [2.24, 2.45) is 5.92 Å². The predicted octanol–water partition coefficient (Wildman–Crippen LogP) is 1.45. The van der Waals surface area contributed by atoms with Gasteiger partial charge in [0.25, 0.3) is 0 Å². The van der Waals surface area contributed by atoms with Gasteiger partial charge in [-0.1, -0.05) is 24.3 Å². The van der Waals surface area contributed by atoms with Gasteiger partial charge in [0.1, 0.15) is 5.70 Å². The minimum absolute atomic E-state index is 0.0886. The first kappa shape index (κ1) is 16.2. The molecule has 0 saturated carbocycles. The van der Waals surface area contributed by atoms with Gasteiger partial charge in [-0.2, -0.15) is 0 Å². The van der Waals surface area contributed by atoms with Gasteiger partial charge in [0.15, 0.2) is 0 Å². The van der Waals surface area contributed by atoms with Crippen LogP contribution in [0.5, 0.6) is 0 Å². The van der Waals surface area contributed by atoms with Crippen LogP contribution in [0.4, 0.5) is 0 Å². The number of carbonyl (C=O) groups is 3. The molecule has 0 aromatic heterocycles. The van der Waals surface area contributed by atoms with E-state index >= 15 is 0 Å². The van der Waals surface area contributed by atoms with Crippen molar-refractivity contribution in [3.8, 4) is 0 Å². The summed E-state index contributed by atoms with van der Waals surface area (Å²) in [7, 11) is 0. The molecule has 3 rings (SSSR count). The largest absolute Gasteiger partial charge is 0.463 e. The molecular formula is C18H19NO5. The topological polar surface area (TPSA) is 81.7 Å². The lowest BCUT2D eigenvalue weighted by atomic mass is 9.81. The number of ether oxygens (including phenoxy) is 2. The van der Waals surface area contributed by atoms with Crippen molar-refractivity contribution >= 4 is 17.8 Å². The second-order valence-corrected chi connectivity index (χ2v) is 5.71. The number of amides is 1. The van der Waals surface area contributed by atoms with E-state index in [0.717, 1.165) is 11.1 Å². The number of carbonyl (C=O) groups excluding carboxylic acids is 3. The van der Waals surface area contributed by atoms with E-state index in [9.17, 15) is 14.4 Å². The van der Waals surface area contributed by atoms with Crippen LogP contribution >= 0.6 is 0 Å². The highest BCUT2D eigenvalue weighted by atomic mass is 16.5. The molecule has 2 atom stereocenters. The van der Waals surface area contributed by atoms with E-state index in [4.69, 9.17) is 9.47 Å². The SMILES string of the molecule is CCOC(=O)C1=C(C(=O)OCC)[C@H]2Cc3ccccc3[C@H]2C(=O)N1. The summed E-state index contributed by atoms with van der Waals surface area (Å²) in [6.45, 7) is 3.71. The molecule has 1 aromatic carbocycles. The Morgan fingerprint density at radius 3 is 2.50 bits per heavy atom. The predicted molar refractivity (Wildman–Crippen MR) is 84.8 cm³/mol. The average Bonchev–Trinajstić information content (AvgIpc) is 2.94. The molecule has 6 heteroatoms. The number of rotatable bonds is 4. The normalized spacial score (nSPS) is 21.7. The van der Waals surface area contributed by atoms with Gasteiger partial charge in [0, 0.05) is 5.92 Å². The lowest BCUT2D eigenvalue weighted by molar-refractivity contribution is -0.144. The number of hydrogen-bond donors (Lipinski definition) is 1. The monoisotopic (exact) mass is 329 g/mol. The summed E-state index contributed by atoms with van der Waals surface area (Å²) in [5.41, 5.74) is 2.02. The molecule has 1 heterocycles. The first-order valence-electron chi connectivity index (χ1n) is 8.05. The number of hydrogen-bond acceptors (Lipinski definition) is 5. The van der Waals surface area contributed by atoms with Crippen LogP contribution in [-0.2, 0) is 30.3 Å². The molecule has 0 unspecified atom stereocenters. The first-order chi connectivity index (χ1) is 11.6. The van der Waals surface area contributed by atoms with E-state index < -0.39 is 23.8 Å². The summed E-state index contributed by atoms with van der Waals surface area (Å²) in [5.74, 6) is -2.47. The van der Waals surface area contributed by atoms with Crippen LogP contribution in [0.15, 0.2) is 35.5 Å². The molecule has 1 N–H and O–H groups in total. The molecule has 0 bridgehead atoms. The quantitative estimate of drug-likeness (QED) is 0.846. The van der Waals surface area contributed by atoms with Gasteiger partial charge in [-0.25, -0.2) is 9.59 Å². The third-order valence-corrected chi connectivity index (χ3v) is 4.38. The van der Waals surface area contributed by atoms with Gasteiger partial charge in [-0.05, 0) is 31.4 Å².